The van der Waals surface area contributed by atoms with E-state index in [4.69, 9.17) is 4.74 Å². The van der Waals surface area contributed by atoms with Crippen molar-refractivity contribution in [1.29, 1.82) is 0 Å². The van der Waals surface area contributed by atoms with Crippen LogP contribution in [0, 0.1) is 10.1 Å². The smallest absolute Gasteiger partial charge is 0.307 e. The summed E-state index contributed by atoms with van der Waals surface area (Å²) >= 11 is 0. The SMILES string of the molecule is CCOC(=O)CC(CC)NCc1ccc([N+](=O)[O-])cc1. The van der Waals surface area contributed by atoms with Crippen LogP contribution in [0.3, 0.4) is 0 Å². The predicted octanol–water partition coefficient (Wildman–Crippen LogP) is 2.42. The van der Waals surface area contributed by atoms with Gasteiger partial charge >= 0.3 is 5.97 Å². The van der Waals surface area contributed by atoms with Crippen LogP contribution in [-0.2, 0) is 16.1 Å². The van der Waals surface area contributed by atoms with E-state index in [2.05, 4.69) is 5.32 Å². The molecule has 0 aromatic heterocycles. The lowest BCUT2D eigenvalue weighted by molar-refractivity contribution is -0.384. The van der Waals surface area contributed by atoms with Crippen LogP contribution in [0.5, 0.6) is 0 Å². The highest BCUT2D eigenvalue weighted by atomic mass is 16.6. The summed E-state index contributed by atoms with van der Waals surface area (Å²) < 4.78 is 4.91. The Morgan fingerprint density at radius 2 is 2.00 bits per heavy atom. The molecule has 0 saturated carbocycles. The first kappa shape index (κ1) is 16.1. The molecule has 0 saturated heterocycles. The van der Waals surface area contributed by atoms with Crippen LogP contribution in [0.25, 0.3) is 0 Å². The van der Waals surface area contributed by atoms with Gasteiger partial charge in [-0.25, -0.2) is 0 Å². The Bertz CT molecular complexity index is 445. The van der Waals surface area contributed by atoms with Gasteiger partial charge in [0.2, 0.25) is 0 Å². The van der Waals surface area contributed by atoms with Crippen molar-refractivity contribution in [3.8, 4) is 0 Å². The van der Waals surface area contributed by atoms with Crippen LogP contribution in [0.15, 0.2) is 24.3 Å². The average Bonchev–Trinajstić information content (AvgIpc) is 2.44. The van der Waals surface area contributed by atoms with E-state index >= 15 is 0 Å². The number of benzene rings is 1. The molecule has 0 aliphatic carbocycles. The molecule has 1 aromatic rings. The van der Waals surface area contributed by atoms with Gasteiger partial charge in [0, 0.05) is 24.7 Å². The summed E-state index contributed by atoms with van der Waals surface area (Å²) in [5.41, 5.74) is 1.02. The second-order valence-electron chi connectivity index (χ2n) is 4.42. The van der Waals surface area contributed by atoms with E-state index in [-0.39, 0.29) is 17.7 Å². The first-order valence-corrected chi connectivity index (χ1v) is 6.69. The van der Waals surface area contributed by atoms with Gasteiger partial charge in [-0.1, -0.05) is 19.1 Å². The lowest BCUT2D eigenvalue weighted by atomic mass is 10.1. The van der Waals surface area contributed by atoms with Gasteiger partial charge in [0.15, 0.2) is 0 Å². The number of nitro benzene ring substituents is 1. The summed E-state index contributed by atoms with van der Waals surface area (Å²) in [7, 11) is 0. The molecule has 0 bridgehead atoms. The molecule has 0 spiro atoms. The summed E-state index contributed by atoms with van der Waals surface area (Å²) in [5, 5.41) is 13.8. The minimum absolute atomic E-state index is 0.0456. The Kier molecular flexibility index (Phi) is 6.66. The fourth-order valence-corrected chi connectivity index (χ4v) is 1.78. The van der Waals surface area contributed by atoms with Gasteiger partial charge in [0.1, 0.15) is 0 Å². The number of non-ortho nitro benzene ring substituents is 1. The second kappa shape index (κ2) is 8.27. The number of esters is 1. The molecule has 0 aliphatic heterocycles. The zero-order valence-corrected chi connectivity index (χ0v) is 11.8. The Balaban J connectivity index is 2.47. The molecular formula is C14H20N2O4. The normalized spacial score (nSPS) is 11.9. The lowest BCUT2D eigenvalue weighted by Gasteiger charge is -2.16. The monoisotopic (exact) mass is 280 g/mol. The van der Waals surface area contributed by atoms with Gasteiger partial charge in [0.25, 0.3) is 5.69 Å². The number of carbonyl (C=O) groups is 1. The van der Waals surface area contributed by atoms with Gasteiger partial charge in [-0.3, -0.25) is 14.9 Å². The summed E-state index contributed by atoms with van der Waals surface area (Å²) in [6, 6.07) is 6.42. The minimum Gasteiger partial charge on any atom is -0.466 e. The van der Waals surface area contributed by atoms with E-state index in [0.717, 1.165) is 12.0 Å². The van der Waals surface area contributed by atoms with Gasteiger partial charge < -0.3 is 10.1 Å². The molecule has 0 fully saturated rings. The van der Waals surface area contributed by atoms with Crippen molar-refractivity contribution in [3.05, 3.63) is 39.9 Å². The van der Waals surface area contributed by atoms with Crippen LogP contribution < -0.4 is 5.32 Å². The molecular weight excluding hydrogens is 260 g/mol. The zero-order chi connectivity index (χ0) is 15.0. The van der Waals surface area contributed by atoms with Gasteiger partial charge in [-0.05, 0) is 18.9 Å². The van der Waals surface area contributed by atoms with E-state index in [1.807, 2.05) is 6.92 Å². The second-order valence-corrected chi connectivity index (χ2v) is 4.42. The van der Waals surface area contributed by atoms with E-state index in [1.165, 1.54) is 12.1 Å². The molecule has 1 rings (SSSR count). The molecule has 1 unspecified atom stereocenters. The topological polar surface area (TPSA) is 81.5 Å². The van der Waals surface area contributed by atoms with Crippen molar-refractivity contribution in [3.63, 3.8) is 0 Å². The van der Waals surface area contributed by atoms with E-state index in [1.54, 1.807) is 19.1 Å². The summed E-state index contributed by atoms with van der Waals surface area (Å²) in [6.45, 7) is 4.73. The highest BCUT2D eigenvalue weighted by molar-refractivity contribution is 5.70. The average molecular weight is 280 g/mol. The van der Waals surface area contributed by atoms with E-state index < -0.39 is 4.92 Å². The molecule has 6 nitrogen and oxygen atoms in total. The molecule has 0 amide bonds. The molecule has 6 heteroatoms. The Morgan fingerprint density at radius 1 is 1.35 bits per heavy atom. The quantitative estimate of drug-likeness (QED) is 0.449. The van der Waals surface area contributed by atoms with Crippen LogP contribution in [0.1, 0.15) is 32.3 Å². The van der Waals surface area contributed by atoms with Crippen molar-refractivity contribution in [2.45, 2.75) is 39.3 Å². The molecule has 20 heavy (non-hydrogen) atoms. The highest BCUT2D eigenvalue weighted by Crippen LogP contribution is 2.12. The first-order valence-electron chi connectivity index (χ1n) is 6.69. The molecule has 1 aromatic carbocycles. The number of nitrogens with one attached hydrogen (secondary N) is 1. The standard InChI is InChI=1S/C14H20N2O4/c1-3-12(9-14(17)20-4-2)15-10-11-5-7-13(8-6-11)16(18)19/h5-8,12,15H,3-4,9-10H2,1-2H3. The van der Waals surface area contributed by atoms with E-state index in [9.17, 15) is 14.9 Å². The lowest BCUT2D eigenvalue weighted by Crippen LogP contribution is -2.31. The number of carbonyl (C=O) groups excluding carboxylic acids is 1. The Morgan fingerprint density at radius 3 is 2.50 bits per heavy atom. The van der Waals surface area contributed by atoms with Crippen molar-refractivity contribution < 1.29 is 14.5 Å². The van der Waals surface area contributed by atoms with Crippen molar-refractivity contribution in [2.24, 2.45) is 0 Å². The molecule has 0 radical (unpaired) electrons. The Labute approximate surface area is 118 Å². The third-order valence-corrected chi connectivity index (χ3v) is 2.95. The summed E-state index contributed by atoms with van der Waals surface area (Å²) in [5.74, 6) is -0.212. The van der Waals surface area contributed by atoms with Gasteiger partial charge in [0.05, 0.1) is 18.0 Å². The molecule has 110 valence electrons. The molecule has 1 atom stereocenters. The minimum atomic E-state index is -0.424. The number of ether oxygens (including phenoxy) is 1. The van der Waals surface area contributed by atoms with Crippen LogP contribution in [0.4, 0.5) is 5.69 Å². The molecule has 0 aliphatic rings. The summed E-state index contributed by atoms with van der Waals surface area (Å²) in [6.07, 6.45) is 1.14. The highest BCUT2D eigenvalue weighted by Gasteiger charge is 2.12. The maximum Gasteiger partial charge on any atom is 0.307 e. The fourth-order valence-electron chi connectivity index (χ4n) is 1.78. The number of nitro groups is 1. The third kappa shape index (κ3) is 5.36. The Hall–Kier alpha value is -1.95. The number of hydrogen-bond donors (Lipinski definition) is 1. The first-order chi connectivity index (χ1) is 9.56. The van der Waals surface area contributed by atoms with Crippen LogP contribution in [-0.4, -0.2) is 23.5 Å². The van der Waals surface area contributed by atoms with Crippen molar-refractivity contribution >= 4 is 11.7 Å². The predicted molar refractivity (Wildman–Crippen MR) is 75.3 cm³/mol. The maximum atomic E-state index is 11.4. The van der Waals surface area contributed by atoms with Crippen molar-refractivity contribution in [1.82, 2.24) is 5.32 Å². The largest absolute Gasteiger partial charge is 0.466 e. The zero-order valence-electron chi connectivity index (χ0n) is 11.8. The number of nitrogens with zero attached hydrogens (tertiary/aromatic N) is 1. The maximum absolute atomic E-state index is 11.4. The number of hydrogen-bond acceptors (Lipinski definition) is 5. The van der Waals surface area contributed by atoms with Crippen molar-refractivity contribution in [2.75, 3.05) is 6.61 Å². The van der Waals surface area contributed by atoms with Crippen LogP contribution >= 0.6 is 0 Å². The molecule has 1 N–H and O–H groups in total. The fraction of sp³-hybridized carbons (Fsp3) is 0.500. The van der Waals surface area contributed by atoms with Crippen LogP contribution in [0.2, 0.25) is 0 Å². The van der Waals surface area contributed by atoms with Gasteiger partial charge in [-0.15, -0.1) is 0 Å². The third-order valence-electron chi connectivity index (χ3n) is 2.95. The van der Waals surface area contributed by atoms with Gasteiger partial charge in [-0.2, -0.15) is 0 Å². The number of rotatable bonds is 8. The molecule has 0 heterocycles. The summed E-state index contributed by atoms with van der Waals surface area (Å²) in [4.78, 5) is 21.5. The van der Waals surface area contributed by atoms with E-state index in [0.29, 0.717) is 19.6 Å².